The summed E-state index contributed by atoms with van der Waals surface area (Å²) in [6.07, 6.45) is 2.98. The number of nitrogens with zero attached hydrogens (tertiary/aromatic N) is 2. The van der Waals surface area contributed by atoms with Crippen molar-refractivity contribution in [2.75, 3.05) is 5.73 Å². The minimum atomic E-state index is 0.596. The van der Waals surface area contributed by atoms with Crippen molar-refractivity contribution in [1.29, 1.82) is 0 Å². The number of rotatable bonds is 5. The Morgan fingerprint density at radius 2 is 1.90 bits per heavy atom. The number of nitrogen functional groups attached to an aromatic ring is 1. The average Bonchev–Trinajstić information content (AvgIpc) is 2.65. The molecular formula is C17H25N3. The minimum absolute atomic E-state index is 0.596. The summed E-state index contributed by atoms with van der Waals surface area (Å²) in [5.74, 6) is 1.41. The summed E-state index contributed by atoms with van der Waals surface area (Å²) < 4.78 is 1.81. The van der Waals surface area contributed by atoms with E-state index in [-0.39, 0.29) is 0 Å². The highest BCUT2D eigenvalue weighted by molar-refractivity contribution is 5.44. The summed E-state index contributed by atoms with van der Waals surface area (Å²) in [7, 11) is 1.93. The van der Waals surface area contributed by atoms with E-state index in [1.54, 1.807) is 0 Å². The molecule has 2 N–H and O–H groups in total. The van der Waals surface area contributed by atoms with Crippen LogP contribution in [0.25, 0.3) is 0 Å². The lowest BCUT2D eigenvalue weighted by molar-refractivity contribution is 0.643. The Kier molecular flexibility index (Phi) is 4.48. The molecule has 0 saturated heterocycles. The van der Waals surface area contributed by atoms with Gasteiger partial charge < -0.3 is 5.73 Å². The SMILES string of the molecule is Cc1ccccc1CCc1nn(C)c(N)c1CC(C)C. The van der Waals surface area contributed by atoms with Crippen LogP contribution in [0.15, 0.2) is 24.3 Å². The lowest BCUT2D eigenvalue weighted by Crippen LogP contribution is -2.03. The van der Waals surface area contributed by atoms with E-state index in [2.05, 4.69) is 50.1 Å². The number of benzene rings is 1. The Hall–Kier alpha value is -1.77. The Balaban J connectivity index is 2.17. The van der Waals surface area contributed by atoms with Crippen LogP contribution in [0.5, 0.6) is 0 Å². The van der Waals surface area contributed by atoms with Crippen molar-refractivity contribution in [3.63, 3.8) is 0 Å². The van der Waals surface area contributed by atoms with Crippen LogP contribution in [0.3, 0.4) is 0 Å². The van der Waals surface area contributed by atoms with Gasteiger partial charge in [-0.2, -0.15) is 5.10 Å². The summed E-state index contributed by atoms with van der Waals surface area (Å²) in [6.45, 7) is 6.60. The highest BCUT2D eigenvalue weighted by Crippen LogP contribution is 2.22. The second kappa shape index (κ2) is 6.12. The van der Waals surface area contributed by atoms with Gasteiger partial charge in [0.1, 0.15) is 5.82 Å². The molecule has 0 bridgehead atoms. The average molecular weight is 271 g/mol. The quantitative estimate of drug-likeness (QED) is 0.907. The molecule has 3 nitrogen and oxygen atoms in total. The molecule has 0 atom stereocenters. The molecule has 20 heavy (non-hydrogen) atoms. The molecule has 0 aliphatic heterocycles. The predicted octanol–water partition coefficient (Wildman–Crippen LogP) is 3.29. The second-order valence-electron chi connectivity index (χ2n) is 5.96. The molecule has 1 aromatic carbocycles. The zero-order valence-electron chi connectivity index (χ0n) is 13.0. The summed E-state index contributed by atoms with van der Waals surface area (Å²) in [4.78, 5) is 0. The molecule has 108 valence electrons. The van der Waals surface area contributed by atoms with Crippen molar-refractivity contribution in [2.45, 2.75) is 40.0 Å². The molecular weight excluding hydrogens is 246 g/mol. The van der Waals surface area contributed by atoms with Crippen LogP contribution >= 0.6 is 0 Å². The number of aryl methyl sites for hydroxylation is 4. The van der Waals surface area contributed by atoms with Gasteiger partial charge in [0.25, 0.3) is 0 Å². The fraction of sp³-hybridized carbons (Fsp3) is 0.471. The Labute approximate surface area is 121 Å². The molecule has 0 unspecified atom stereocenters. The number of hydrogen-bond donors (Lipinski definition) is 1. The Morgan fingerprint density at radius 1 is 1.20 bits per heavy atom. The van der Waals surface area contributed by atoms with Crippen molar-refractivity contribution in [2.24, 2.45) is 13.0 Å². The summed E-state index contributed by atoms with van der Waals surface area (Å²) in [5.41, 5.74) is 11.3. The lowest BCUT2D eigenvalue weighted by atomic mass is 9.98. The first-order chi connectivity index (χ1) is 9.49. The summed E-state index contributed by atoms with van der Waals surface area (Å²) in [5, 5.41) is 4.60. The van der Waals surface area contributed by atoms with Crippen molar-refractivity contribution in [3.8, 4) is 0 Å². The van der Waals surface area contributed by atoms with Gasteiger partial charge in [-0.1, -0.05) is 38.1 Å². The van der Waals surface area contributed by atoms with Crippen molar-refractivity contribution >= 4 is 5.82 Å². The number of aromatic nitrogens is 2. The molecule has 3 heteroatoms. The van der Waals surface area contributed by atoms with Gasteiger partial charge in [-0.3, -0.25) is 4.68 Å². The van der Waals surface area contributed by atoms with E-state index in [4.69, 9.17) is 5.73 Å². The Bertz CT molecular complexity index is 582. The van der Waals surface area contributed by atoms with Gasteiger partial charge in [0.05, 0.1) is 5.69 Å². The van der Waals surface area contributed by atoms with Crippen LogP contribution in [-0.4, -0.2) is 9.78 Å². The molecule has 1 heterocycles. The van der Waals surface area contributed by atoms with Gasteiger partial charge in [0, 0.05) is 12.6 Å². The first-order valence-electron chi connectivity index (χ1n) is 7.33. The van der Waals surface area contributed by atoms with Gasteiger partial charge in [-0.25, -0.2) is 0 Å². The third-order valence-electron chi connectivity index (χ3n) is 3.78. The molecule has 0 amide bonds. The van der Waals surface area contributed by atoms with Crippen LogP contribution in [0.1, 0.15) is 36.2 Å². The monoisotopic (exact) mass is 271 g/mol. The molecule has 1 aromatic heterocycles. The van der Waals surface area contributed by atoms with Crippen molar-refractivity contribution in [1.82, 2.24) is 9.78 Å². The van der Waals surface area contributed by atoms with Crippen LogP contribution in [0.4, 0.5) is 5.82 Å². The zero-order chi connectivity index (χ0) is 14.7. The number of nitrogens with two attached hydrogens (primary N) is 1. The molecule has 0 fully saturated rings. The van der Waals surface area contributed by atoms with Gasteiger partial charge in [-0.05, 0) is 43.2 Å². The van der Waals surface area contributed by atoms with Gasteiger partial charge in [0.2, 0.25) is 0 Å². The van der Waals surface area contributed by atoms with Crippen molar-refractivity contribution < 1.29 is 0 Å². The van der Waals surface area contributed by atoms with E-state index in [9.17, 15) is 0 Å². The van der Waals surface area contributed by atoms with E-state index in [0.717, 1.165) is 30.8 Å². The maximum absolute atomic E-state index is 6.15. The Morgan fingerprint density at radius 3 is 2.55 bits per heavy atom. The van der Waals surface area contributed by atoms with Crippen LogP contribution < -0.4 is 5.73 Å². The van der Waals surface area contributed by atoms with Gasteiger partial charge in [0.15, 0.2) is 0 Å². The molecule has 0 aliphatic rings. The fourth-order valence-corrected chi connectivity index (χ4v) is 2.61. The largest absolute Gasteiger partial charge is 0.384 e. The lowest BCUT2D eigenvalue weighted by Gasteiger charge is -2.08. The second-order valence-corrected chi connectivity index (χ2v) is 5.96. The first-order valence-corrected chi connectivity index (χ1v) is 7.33. The highest BCUT2D eigenvalue weighted by atomic mass is 15.3. The predicted molar refractivity (Wildman–Crippen MR) is 84.7 cm³/mol. The van der Waals surface area contributed by atoms with Crippen LogP contribution in [0.2, 0.25) is 0 Å². The third-order valence-corrected chi connectivity index (χ3v) is 3.78. The number of hydrogen-bond acceptors (Lipinski definition) is 2. The molecule has 0 aliphatic carbocycles. The summed E-state index contributed by atoms with van der Waals surface area (Å²) in [6, 6.07) is 8.55. The van der Waals surface area contributed by atoms with E-state index >= 15 is 0 Å². The van der Waals surface area contributed by atoms with Crippen LogP contribution in [0, 0.1) is 12.8 Å². The fourth-order valence-electron chi connectivity index (χ4n) is 2.61. The van der Waals surface area contributed by atoms with E-state index in [0.29, 0.717) is 5.92 Å². The maximum Gasteiger partial charge on any atom is 0.124 e. The topological polar surface area (TPSA) is 43.8 Å². The smallest absolute Gasteiger partial charge is 0.124 e. The van der Waals surface area contributed by atoms with E-state index in [1.807, 2.05) is 11.7 Å². The van der Waals surface area contributed by atoms with Gasteiger partial charge >= 0.3 is 0 Å². The van der Waals surface area contributed by atoms with Gasteiger partial charge in [-0.15, -0.1) is 0 Å². The molecule has 0 spiro atoms. The summed E-state index contributed by atoms with van der Waals surface area (Å²) >= 11 is 0. The molecule has 2 rings (SSSR count). The van der Waals surface area contributed by atoms with E-state index in [1.165, 1.54) is 16.7 Å². The molecule has 0 radical (unpaired) electrons. The molecule has 0 saturated carbocycles. The zero-order valence-corrected chi connectivity index (χ0v) is 13.0. The highest BCUT2D eigenvalue weighted by Gasteiger charge is 2.15. The molecule has 2 aromatic rings. The third kappa shape index (κ3) is 3.21. The normalized spacial score (nSPS) is 11.2. The van der Waals surface area contributed by atoms with E-state index < -0.39 is 0 Å². The van der Waals surface area contributed by atoms with Crippen LogP contribution in [-0.2, 0) is 26.3 Å². The standard InChI is InChI=1S/C17H25N3/c1-12(2)11-15-16(19-20(4)17(15)18)10-9-14-8-6-5-7-13(14)3/h5-8,12H,9-11,18H2,1-4H3. The number of anilines is 1. The van der Waals surface area contributed by atoms with Crippen molar-refractivity contribution in [3.05, 3.63) is 46.6 Å². The maximum atomic E-state index is 6.15. The minimum Gasteiger partial charge on any atom is -0.384 e. The first kappa shape index (κ1) is 14.6.